The molecule has 0 amide bonds. The van der Waals surface area contributed by atoms with Gasteiger partial charge in [-0.1, -0.05) is 30.3 Å². The number of nitrogens with zero attached hydrogens (tertiary/aromatic N) is 4. The van der Waals surface area contributed by atoms with Gasteiger partial charge in [-0.2, -0.15) is 0 Å². The Morgan fingerprint density at radius 3 is 2.72 bits per heavy atom. The molecule has 1 fully saturated rings. The van der Waals surface area contributed by atoms with Crippen molar-refractivity contribution in [3.05, 3.63) is 96.6 Å². The summed E-state index contributed by atoms with van der Waals surface area (Å²) in [6.45, 7) is 1.70. The third-order valence-corrected chi connectivity index (χ3v) is 6.81. The molecule has 196 valence electrons. The molecule has 0 radical (unpaired) electrons. The van der Waals surface area contributed by atoms with Crippen molar-refractivity contribution in [2.75, 3.05) is 11.9 Å². The second-order valence-corrected chi connectivity index (χ2v) is 9.47. The average Bonchev–Trinajstić information content (AvgIpc) is 3.63. The van der Waals surface area contributed by atoms with Crippen LogP contribution in [0.15, 0.2) is 89.7 Å². The smallest absolute Gasteiger partial charge is 0.320 e. The number of benzene rings is 2. The van der Waals surface area contributed by atoms with E-state index < -0.39 is 12.0 Å². The van der Waals surface area contributed by atoms with Gasteiger partial charge < -0.3 is 19.6 Å². The summed E-state index contributed by atoms with van der Waals surface area (Å²) in [6, 6.07) is 22.9. The lowest BCUT2D eigenvalue weighted by Crippen LogP contribution is -2.35. The number of pyridine rings is 1. The highest BCUT2D eigenvalue weighted by atomic mass is 16.5. The van der Waals surface area contributed by atoms with Gasteiger partial charge in [0.1, 0.15) is 42.0 Å². The number of hydrogen-bond donors (Lipinski definition) is 2. The maximum Gasteiger partial charge on any atom is 0.320 e. The number of ether oxygens (including phenoxy) is 1. The normalized spacial score (nSPS) is 15.4. The van der Waals surface area contributed by atoms with Crippen LogP contribution in [0.1, 0.15) is 24.2 Å². The third-order valence-electron chi connectivity index (χ3n) is 6.81. The van der Waals surface area contributed by atoms with Crippen LogP contribution in [0.25, 0.3) is 22.4 Å². The van der Waals surface area contributed by atoms with Gasteiger partial charge in [0.15, 0.2) is 5.76 Å². The fraction of sp³-hybridized carbons (Fsp3) is 0.200. The predicted molar refractivity (Wildman–Crippen MR) is 147 cm³/mol. The van der Waals surface area contributed by atoms with E-state index in [4.69, 9.17) is 9.15 Å². The average molecular weight is 522 g/mol. The molecule has 2 N–H and O–H groups in total. The molecule has 0 aliphatic carbocycles. The molecule has 39 heavy (non-hydrogen) atoms. The lowest BCUT2D eigenvalue weighted by Gasteiger charge is -2.19. The van der Waals surface area contributed by atoms with E-state index in [9.17, 15) is 9.90 Å². The van der Waals surface area contributed by atoms with Gasteiger partial charge in [0, 0.05) is 11.1 Å². The van der Waals surface area contributed by atoms with Gasteiger partial charge in [-0.05, 0) is 67.4 Å². The number of furan rings is 1. The van der Waals surface area contributed by atoms with Crippen molar-refractivity contribution < 1.29 is 19.1 Å². The number of anilines is 2. The summed E-state index contributed by atoms with van der Waals surface area (Å²) in [4.78, 5) is 26.8. The van der Waals surface area contributed by atoms with E-state index in [1.807, 2.05) is 77.7 Å². The monoisotopic (exact) mass is 521 g/mol. The Bertz CT molecular complexity index is 1590. The summed E-state index contributed by atoms with van der Waals surface area (Å²) >= 11 is 0. The Balaban J connectivity index is 1.17. The van der Waals surface area contributed by atoms with Crippen molar-refractivity contribution in [3.8, 4) is 17.2 Å². The number of nitrogens with one attached hydrogen (secondary N) is 1. The maximum absolute atomic E-state index is 11.5. The number of carbonyl (C=O) groups is 1. The Morgan fingerprint density at radius 1 is 1.05 bits per heavy atom. The molecular formula is C30H27N5O4. The summed E-state index contributed by atoms with van der Waals surface area (Å²) in [5.74, 6) is 1.95. The summed E-state index contributed by atoms with van der Waals surface area (Å²) < 4.78 is 12.0. The zero-order valence-electron chi connectivity index (χ0n) is 21.2. The van der Waals surface area contributed by atoms with E-state index in [-0.39, 0.29) is 0 Å². The summed E-state index contributed by atoms with van der Waals surface area (Å²) in [6.07, 6.45) is 4.73. The number of aliphatic carboxylic acids is 1. The van der Waals surface area contributed by atoms with Crippen LogP contribution in [0, 0.1) is 0 Å². The van der Waals surface area contributed by atoms with E-state index >= 15 is 0 Å². The number of likely N-dealkylation sites (tertiary alicyclic amines) is 1. The Labute approximate surface area is 225 Å². The fourth-order valence-corrected chi connectivity index (χ4v) is 4.80. The molecule has 1 atom stereocenters. The largest absolute Gasteiger partial charge is 0.489 e. The maximum atomic E-state index is 11.5. The van der Waals surface area contributed by atoms with Crippen molar-refractivity contribution in [3.63, 3.8) is 0 Å². The van der Waals surface area contributed by atoms with Gasteiger partial charge in [0.2, 0.25) is 0 Å². The van der Waals surface area contributed by atoms with Gasteiger partial charge in [-0.3, -0.25) is 14.7 Å². The van der Waals surface area contributed by atoms with Crippen molar-refractivity contribution in [2.45, 2.75) is 32.0 Å². The molecule has 4 heterocycles. The Morgan fingerprint density at radius 2 is 1.90 bits per heavy atom. The first-order chi connectivity index (χ1) is 19.1. The van der Waals surface area contributed by atoms with Gasteiger partial charge >= 0.3 is 5.97 Å². The van der Waals surface area contributed by atoms with Crippen LogP contribution in [0.3, 0.4) is 0 Å². The molecular weight excluding hydrogens is 494 g/mol. The van der Waals surface area contributed by atoms with Crippen LogP contribution in [0.4, 0.5) is 11.5 Å². The molecule has 9 nitrogen and oxygen atoms in total. The fourth-order valence-electron chi connectivity index (χ4n) is 4.80. The number of carboxylic acids is 1. The van der Waals surface area contributed by atoms with E-state index in [2.05, 4.69) is 20.3 Å². The second-order valence-electron chi connectivity index (χ2n) is 9.47. The highest BCUT2D eigenvalue weighted by molar-refractivity contribution is 5.92. The molecule has 1 aliphatic rings. The molecule has 9 heteroatoms. The molecule has 5 aromatic rings. The quantitative estimate of drug-likeness (QED) is 0.254. The number of hydrogen-bond acceptors (Lipinski definition) is 8. The van der Waals surface area contributed by atoms with Crippen molar-refractivity contribution in [2.24, 2.45) is 0 Å². The molecule has 0 bridgehead atoms. The lowest BCUT2D eigenvalue weighted by atomic mass is 10.2. The molecule has 3 aromatic heterocycles. The van der Waals surface area contributed by atoms with Crippen LogP contribution >= 0.6 is 0 Å². The number of aromatic nitrogens is 3. The summed E-state index contributed by atoms with van der Waals surface area (Å²) in [5, 5.41) is 13.6. The first-order valence-corrected chi connectivity index (χ1v) is 12.8. The molecule has 1 aliphatic heterocycles. The lowest BCUT2D eigenvalue weighted by molar-refractivity contribution is -0.142. The first-order valence-electron chi connectivity index (χ1n) is 12.8. The first kappa shape index (κ1) is 24.6. The van der Waals surface area contributed by atoms with Crippen molar-refractivity contribution >= 4 is 28.4 Å². The number of carboxylic acid groups (broad SMARTS) is 1. The topological polar surface area (TPSA) is 114 Å². The van der Waals surface area contributed by atoms with Gasteiger partial charge in [0.25, 0.3) is 0 Å². The number of rotatable bonds is 9. The zero-order valence-corrected chi connectivity index (χ0v) is 21.2. The summed E-state index contributed by atoms with van der Waals surface area (Å²) in [5.41, 5.74) is 3.32. The Kier molecular flexibility index (Phi) is 6.88. The van der Waals surface area contributed by atoms with Gasteiger partial charge in [-0.25, -0.2) is 9.97 Å². The minimum absolute atomic E-state index is 0.450. The van der Waals surface area contributed by atoms with E-state index in [0.717, 1.165) is 35.4 Å². The second kappa shape index (κ2) is 10.9. The molecule has 0 spiro atoms. The molecule has 1 saturated heterocycles. The SMILES string of the molecule is O=C(O)[C@H]1CCCN1Cc1ccc(-c2cc3c(Nc4ccc(OCc5ccccc5)cc4)ncnc3cn2)o1. The highest BCUT2D eigenvalue weighted by Crippen LogP contribution is 2.29. The van der Waals surface area contributed by atoms with Crippen molar-refractivity contribution in [1.82, 2.24) is 19.9 Å². The Hall–Kier alpha value is -4.76. The zero-order chi connectivity index (χ0) is 26.6. The summed E-state index contributed by atoms with van der Waals surface area (Å²) in [7, 11) is 0. The highest BCUT2D eigenvalue weighted by Gasteiger charge is 2.31. The number of fused-ring (bicyclic) bond motifs is 1. The predicted octanol–water partition coefficient (Wildman–Crippen LogP) is 5.66. The van der Waals surface area contributed by atoms with Gasteiger partial charge in [-0.15, -0.1) is 0 Å². The van der Waals surface area contributed by atoms with Gasteiger partial charge in [0.05, 0.1) is 18.3 Å². The standard InChI is InChI=1S/C30H27N5O4/c36-30(37)27-7-4-14-35(27)17-23-12-13-28(39-23)25-15-24-26(16-31-25)32-19-33-29(24)34-21-8-10-22(11-9-21)38-18-20-5-2-1-3-6-20/h1-3,5-6,8-13,15-16,19,27H,4,7,14,17-18H2,(H,36,37)(H,32,33,34)/t27-/m1/s1. The molecule has 0 saturated carbocycles. The minimum atomic E-state index is -0.787. The molecule has 2 aromatic carbocycles. The van der Waals surface area contributed by atoms with E-state index in [0.29, 0.717) is 48.1 Å². The van der Waals surface area contributed by atoms with E-state index in [1.165, 1.54) is 6.33 Å². The van der Waals surface area contributed by atoms with Crippen LogP contribution in [0.2, 0.25) is 0 Å². The minimum Gasteiger partial charge on any atom is -0.489 e. The van der Waals surface area contributed by atoms with Crippen LogP contribution < -0.4 is 10.1 Å². The molecule has 6 rings (SSSR count). The van der Waals surface area contributed by atoms with E-state index in [1.54, 1.807) is 6.20 Å². The molecule has 0 unspecified atom stereocenters. The van der Waals surface area contributed by atoms with Crippen LogP contribution in [-0.4, -0.2) is 43.5 Å². The van der Waals surface area contributed by atoms with Crippen LogP contribution in [-0.2, 0) is 17.9 Å². The van der Waals surface area contributed by atoms with Crippen molar-refractivity contribution in [1.29, 1.82) is 0 Å². The van der Waals surface area contributed by atoms with Crippen LogP contribution in [0.5, 0.6) is 5.75 Å². The third kappa shape index (κ3) is 5.58.